The molecule has 2 atom stereocenters. The first-order valence-electron chi connectivity index (χ1n) is 11.0. The van der Waals surface area contributed by atoms with E-state index in [1.165, 1.54) is 6.07 Å². The van der Waals surface area contributed by atoms with Gasteiger partial charge in [0.1, 0.15) is 0 Å². The molecule has 0 radical (unpaired) electrons. The van der Waals surface area contributed by atoms with Crippen molar-refractivity contribution in [2.75, 3.05) is 43.4 Å². The molecule has 2 bridgehead atoms. The Kier molecular flexibility index (Phi) is 6.98. The third kappa shape index (κ3) is 5.42. The monoisotopic (exact) mass is 439 g/mol. The van der Waals surface area contributed by atoms with Gasteiger partial charge in [-0.3, -0.25) is 14.6 Å². The molecule has 4 rings (SSSR count). The Hall–Kier alpha value is -3.02. The zero-order chi connectivity index (χ0) is 22.5. The summed E-state index contributed by atoms with van der Waals surface area (Å²) in [7, 11) is 0. The van der Waals surface area contributed by atoms with E-state index in [0.717, 1.165) is 63.3 Å². The summed E-state index contributed by atoms with van der Waals surface area (Å²) in [6.07, 6.45) is 3.29. The minimum Gasteiger partial charge on any atom is -0.385 e. The number of nitrogens with one attached hydrogen (secondary N) is 2. The van der Waals surface area contributed by atoms with E-state index in [1.54, 1.807) is 0 Å². The van der Waals surface area contributed by atoms with E-state index in [-0.39, 0.29) is 18.1 Å². The van der Waals surface area contributed by atoms with Gasteiger partial charge < -0.3 is 10.6 Å². The molecule has 2 unspecified atom stereocenters. The predicted molar refractivity (Wildman–Crippen MR) is 119 cm³/mol. The Morgan fingerprint density at radius 3 is 2.38 bits per heavy atom. The number of nitrogens with zero attached hydrogens (tertiary/aromatic N) is 3. The summed E-state index contributed by atoms with van der Waals surface area (Å²) in [5.74, 6) is -2.11. The standard InChI is InChI=1S/C24H27F2N5O/c25-22-9-6-19(12-23(22)26)29-24(32)16-30-14-20-7-8-21(15-30)31(20)11-1-10-28-18-4-2-17(13-27)3-5-18/h2-6,9,12,20-21,28H,1,7-8,10-11,14-16H2,(H,29,32). The maximum Gasteiger partial charge on any atom is 0.238 e. The Morgan fingerprint density at radius 1 is 1.03 bits per heavy atom. The number of fused-ring (bicyclic) bond motifs is 2. The van der Waals surface area contributed by atoms with Crippen molar-refractivity contribution in [3.05, 3.63) is 59.7 Å². The average molecular weight is 440 g/mol. The van der Waals surface area contributed by atoms with Crippen LogP contribution < -0.4 is 10.6 Å². The Morgan fingerprint density at radius 2 is 1.72 bits per heavy atom. The van der Waals surface area contributed by atoms with Crippen LogP contribution in [0.2, 0.25) is 0 Å². The fourth-order valence-electron chi connectivity index (χ4n) is 4.71. The van der Waals surface area contributed by atoms with Gasteiger partial charge in [0.15, 0.2) is 11.6 Å². The summed E-state index contributed by atoms with van der Waals surface area (Å²) < 4.78 is 26.4. The number of rotatable bonds is 8. The van der Waals surface area contributed by atoms with Gasteiger partial charge in [-0.15, -0.1) is 0 Å². The van der Waals surface area contributed by atoms with E-state index in [9.17, 15) is 13.6 Å². The second-order valence-corrected chi connectivity index (χ2v) is 8.46. The molecule has 2 heterocycles. The third-order valence-electron chi connectivity index (χ3n) is 6.22. The summed E-state index contributed by atoms with van der Waals surface area (Å²) in [5, 5.41) is 14.9. The maximum atomic E-state index is 13.3. The van der Waals surface area contributed by atoms with Gasteiger partial charge in [0.05, 0.1) is 18.2 Å². The smallest absolute Gasteiger partial charge is 0.238 e. The third-order valence-corrected chi connectivity index (χ3v) is 6.22. The second kappa shape index (κ2) is 10.1. The van der Waals surface area contributed by atoms with Crippen molar-refractivity contribution in [2.45, 2.75) is 31.3 Å². The van der Waals surface area contributed by atoms with Crippen molar-refractivity contribution in [3.8, 4) is 6.07 Å². The zero-order valence-electron chi connectivity index (χ0n) is 17.9. The molecule has 2 saturated heterocycles. The zero-order valence-corrected chi connectivity index (χ0v) is 17.9. The van der Waals surface area contributed by atoms with Gasteiger partial charge in [-0.25, -0.2) is 8.78 Å². The molecule has 32 heavy (non-hydrogen) atoms. The Bertz CT molecular complexity index is 977. The molecule has 2 aliphatic rings. The van der Waals surface area contributed by atoms with Gasteiger partial charge in [0.2, 0.25) is 5.91 Å². The Labute approximate surface area is 186 Å². The lowest BCUT2D eigenvalue weighted by molar-refractivity contribution is -0.118. The minimum atomic E-state index is -0.969. The van der Waals surface area contributed by atoms with E-state index >= 15 is 0 Å². The number of hydrogen-bond acceptors (Lipinski definition) is 5. The van der Waals surface area contributed by atoms with Crippen molar-refractivity contribution < 1.29 is 13.6 Å². The van der Waals surface area contributed by atoms with Crippen molar-refractivity contribution in [1.29, 1.82) is 5.26 Å². The van der Waals surface area contributed by atoms with Gasteiger partial charge in [-0.2, -0.15) is 5.26 Å². The SMILES string of the molecule is N#Cc1ccc(NCCCN2C3CCC2CN(CC(=O)Nc2ccc(F)c(F)c2)C3)cc1. The number of piperazine rings is 1. The molecule has 8 heteroatoms. The van der Waals surface area contributed by atoms with E-state index in [0.29, 0.717) is 17.6 Å². The maximum absolute atomic E-state index is 13.3. The summed E-state index contributed by atoms with van der Waals surface area (Å²) in [5.41, 5.74) is 1.94. The molecule has 2 aromatic rings. The van der Waals surface area contributed by atoms with Gasteiger partial charge in [0.25, 0.3) is 0 Å². The second-order valence-electron chi connectivity index (χ2n) is 8.46. The van der Waals surface area contributed by atoms with Crippen molar-refractivity contribution in [1.82, 2.24) is 9.80 Å². The van der Waals surface area contributed by atoms with Gasteiger partial charge in [-0.05, 0) is 55.7 Å². The molecule has 2 N–H and O–H groups in total. The molecule has 2 aromatic carbocycles. The van der Waals surface area contributed by atoms with Crippen LogP contribution in [0.5, 0.6) is 0 Å². The molecule has 0 aromatic heterocycles. The largest absolute Gasteiger partial charge is 0.385 e. The highest BCUT2D eigenvalue weighted by Gasteiger charge is 2.39. The number of hydrogen-bond donors (Lipinski definition) is 2. The van der Waals surface area contributed by atoms with Crippen LogP contribution in [0.15, 0.2) is 42.5 Å². The van der Waals surface area contributed by atoms with Crippen molar-refractivity contribution in [2.24, 2.45) is 0 Å². The first-order chi connectivity index (χ1) is 15.5. The fraction of sp³-hybridized carbons (Fsp3) is 0.417. The molecule has 6 nitrogen and oxygen atoms in total. The lowest BCUT2D eigenvalue weighted by Gasteiger charge is -2.40. The number of anilines is 2. The number of amides is 1. The first kappa shape index (κ1) is 22.2. The van der Waals surface area contributed by atoms with Crippen LogP contribution in [0.3, 0.4) is 0 Å². The molecule has 168 valence electrons. The molecule has 1 amide bonds. The molecule has 0 aliphatic carbocycles. The number of halogens is 2. The molecule has 2 fully saturated rings. The van der Waals surface area contributed by atoms with Gasteiger partial charge in [0, 0.05) is 55.7 Å². The van der Waals surface area contributed by atoms with Crippen LogP contribution >= 0.6 is 0 Å². The first-order valence-corrected chi connectivity index (χ1v) is 11.0. The molecular formula is C24H27F2N5O. The Balaban J connectivity index is 1.20. The topological polar surface area (TPSA) is 71.4 Å². The average Bonchev–Trinajstić information content (AvgIpc) is 3.02. The number of nitriles is 1. The lowest BCUT2D eigenvalue weighted by Crippen LogP contribution is -2.55. The van der Waals surface area contributed by atoms with Crippen LogP contribution in [0.4, 0.5) is 20.2 Å². The normalized spacial score (nSPS) is 20.7. The van der Waals surface area contributed by atoms with Crippen molar-refractivity contribution in [3.63, 3.8) is 0 Å². The quantitative estimate of drug-likeness (QED) is 0.617. The summed E-state index contributed by atoms with van der Waals surface area (Å²) in [4.78, 5) is 17.1. The van der Waals surface area contributed by atoms with E-state index in [2.05, 4.69) is 26.5 Å². The number of benzene rings is 2. The highest BCUT2D eigenvalue weighted by Crippen LogP contribution is 2.30. The highest BCUT2D eigenvalue weighted by atomic mass is 19.2. The minimum absolute atomic E-state index is 0.213. The highest BCUT2D eigenvalue weighted by molar-refractivity contribution is 5.92. The summed E-state index contributed by atoms with van der Waals surface area (Å²) in [6.45, 7) is 3.80. The molecular weight excluding hydrogens is 412 g/mol. The molecule has 0 spiro atoms. The van der Waals surface area contributed by atoms with Crippen molar-refractivity contribution >= 4 is 17.3 Å². The predicted octanol–water partition coefficient (Wildman–Crippen LogP) is 3.43. The number of carbonyl (C=O) groups is 1. The van der Waals surface area contributed by atoms with E-state index in [4.69, 9.17) is 5.26 Å². The lowest BCUT2D eigenvalue weighted by atomic mass is 10.1. The van der Waals surface area contributed by atoms with Crippen LogP contribution in [-0.4, -0.2) is 60.5 Å². The van der Waals surface area contributed by atoms with Crippen LogP contribution in [0.25, 0.3) is 0 Å². The number of likely N-dealkylation sites (tertiary alicyclic amines) is 1. The number of carbonyl (C=O) groups excluding carboxylic acids is 1. The van der Waals surface area contributed by atoms with Gasteiger partial charge in [-0.1, -0.05) is 0 Å². The van der Waals surface area contributed by atoms with Crippen LogP contribution in [0.1, 0.15) is 24.8 Å². The van der Waals surface area contributed by atoms with Gasteiger partial charge >= 0.3 is 0 Å². The van der Waals surface area contributed by atoms with Crippen LogP contribution in [0, 0.1) is 23.0 Å². The molecule has 2 aliphatic heterocycles. The van der Waals surface area contributed by atoms with Crippen LogP contribution in [-0.2, 0) is 4.79 Å². The summed E-state index contributed by atoms with van der Waals surface area (Å²) >= 11 is 0. The van der Waals surface area contributed by atoms with E-state index < -0.39 is 11.6 Å². The fourth-order valence-corrected chi connectivity index (χ4v) is 4.71. The molecule has 0 saturated carbocycles. The summed E-state index contributed by atoms with van der Waals surface area (Å²) in [6, 6.07) is 13.9. The van der Waals surface area contributed by atoms with E-state index in [1.807, 2.05) is 24.3 Å².